The number of rotatable bonds is 10. The standard InChI is InChI=1S/C30H31N5O3S2/c1-4-33(21-24-10-6-5-7-11-24)40(37,38)26-16-14-25(15-17-26)29(36)34(18-19-35-23(3)20-22(2)32-35)30-31-27-12-8-9-13-28(27)39-30/h5-17,20H,4,18-19,21H2,1-3H3. The normalized spacial score (nSPS) is 11.8. The number of carbonyl (C=O) groups is 1. The Hall–Kier alpha value is -3.86. The van der Waals surface area contributed by atoms with Gasteiger partial charge in [0.15, 0.2) is 5.13 Å². The van der Waals surface area contributed by atoms with Crippen LogP contribution in [0.5, 0.6) is 0 Å². The van der Waals surface area contributed by atoms with Crippen molar-refractivity contribution >= 4 is 42.6 Å². The SMILES string of the molecule is CCN(Cc1ccccc1)S(=O)(=O)c1ccc(C(=O)N(CCn2nc(C)cc2C)c2nc3ccccc3s2)cc1. The fourth-order valence-corrected chi connectivity index (χ4v) is 7.01. The van der Waals surface area contributed by atoms with E-state index in [1.807, 2.05) is 86.1 Å². The molecule has 2 heterocycles. The van der Waals surface area contributed by atoms with Crippen molar-refractivity contribution in [2.75, 3.05) is 18.0 Å². The number of fused-ring (bicyclic) bond motifs is 1. The van der Waals surface area contributed by atoms with Crippen molar-refractivity contribution in [1.82, 2.24) is 19.1 Å². The van der Waals surface area contributed by atoms with Crippen LogP contribution in [0.3, 0.4) is 0 Å². The number of carbonyl (C=O) groups excluding carboxylic acids is 1. The van der Waals surface area contributed by atoms with E-state index < -0.39 is 10.0 Å². The molecule has 0 radical (unpaired) electrons. The Kier molecular flexibility index (Phi) is 8.11. The van der Waals surface area contributed by atoms with Crippen LogP contribution >= 0.6 is 11.3 Å². The lowest BCUT2D eigenvalue weighted by molar-refractivity contribution is 0.0985. The number of hydrogen-bond donors (Lipinski definition) is 0. The van der Waals surface area contributed by atoms with Crippen LogP contribution in [0.2, 0.25) is 0 Å². The average Bonchev–Trinajstić information content (AvgIpc) is 3.54. The number of anilines is 1. The quantitative estimate of drug-likeness (QED) is 0.215. The molecule has 0 fully saturated rings. The van der Waals surface area contributed by atoms with Crippen LogP contribution in [0.15, 0.2) is 89.8 Å². The lowest BCUT2D eigenvalue weighted by atomic mass is 10.2. The Morgan fingerprint density at radius 3 is 2.30 bits per heavy atom. The first-order chi connectivity index (χ1) is 19.3. The highest BCUT2D eigenvalue weighted by Crippen LogP contribution is 2.30. The molecule has 0 saturated heterocycles. The van der Waals surface area contributed by atoms with Crippen LogP contribution in [0.25, 0.3) is 10.2 Å². The zero-order valence-corrected chi connectivity index (χ0v) is 24.3. The maximum Gasteiger partial charge on any atom is 0.260 e. The highest BCUT2D eigenvalue weighted by Gasteiger charge is 2.26. The van der Waals surface area contributed by atoms with Gasteiger partial charge in [0.05, 0.1) is 27.4 Å². The number of aryl methyl sites for hydroxylation is 2. The van der Waals surface area contributed by atoms with Crippen LogP contribution < -0.4 is 4.90 Å². The van der Waals surface area contributed by atoms with Gasteiger partial charge in [0.2, 0.25) is 10.0 Å². The topological polar surface area (TPSA) is 88.4 Å². The highest BCUT2D eigenvalue weighted by atomic mass is 32.2. The average molecular weight is 574 g/mol. The van der Waals surface area contributed by atoms with E-state index in [4.69, 9.17) is 4.98 Å². The van der Waals surface area contributed by atoms with E-state index in [-0.39, 0.29) is 17.3 Å². The summed E-state index contributed by atoms with van der Waals surface area (Å²) in [6, 6.07) is 25.4. The van der Waals surface area contributed by atoms with Gasteiger partial charge in [-0.05, 0) is 61.9 Å². The number of amides is 1. The molecule has 5 aromatic rings. The van der Waals surface area contributed by atoms with E-state index in [2.05, 4.69) is 5.10 Å². The Bertz CT molecular complexity index is 1700. The zero-order valence-electron chi connectivity index (χ0n) is 22.7. The smallest absolute Gasteiger partial charge is 0.260 e. The Morgan fingerprint density at radius 2 is 1.65 bits per heavy atom. The number of aromatic nitrogens is 3. The summed E-state index contributed by atoms with van der Waals surface area (Å²) < 4.78 is 31.1. The van der Waals surface area contributed by atoms with Gasteiger partial charge in [-0.15, -0.1) is 0 Å². The van der Waals surface area contributed by atoms with Gasteiger partial charge >= 0.3 is 0 Å². The Labute approximate surface area is 238 Å². The molecule has 3 aromatic carbocycles. The number of sulfonamides is 1. The van der Waals surface area contributed by atoms with Crippen LogP contribution in [0.1, 0.15) is 34.2 Å². The summed E-state index contributed by atoms with van der Waals surface area (Å²) in [4.78, 5) is 20.4. The number of thiazole rings is 1. The third-order valence-corrected chi connectivity index (χ3v) is 9.69. The fourth-order valence-electron chi connectivity index (χ4n) is 4.58. The van der Waals surface area contributed by atoms with E-state index in [1.54, 1.807) is 17.0 Å². The molecule has 0 bridgehead atoms. The van der Waals surface area contributed by atoms with Crippen molar-refractivity contribution in [3.63, 3.8) is 0 Å². The first-order valence-electron chi connectivity index (χ1n) is 13.1. The van der Waals surface area contributed by atoms with Crippen molar-refractivity contribution in [1.29, 1.82) is 0 Å². The summed E-state index contributed by atoms with van der Waals surface area (Å²) >= 11 is 1.45. The number of benzene rings is 3. The minimum Gasteiger partial charge on any atom is -0.282 e. The van der Waals surface area contributed by atoms with Crippen molar-refractivity contribution in [3.8, 4) is 0 Å². The van der Waals surface area contributed by atoms with Crippen LogP contribution in [-0.2, 0) is 23.1 Å². The second-order valence-corrected chi connectivity index (χ2v) is 12.5. The molecular formula is C30H31N5O3S2. The summed E-state index contributed by atoms with van der Waals surface area (Å²) in [7, 11) is -3.74. The largest absolute Gasteiger partial charge is 0.282 e. The van der Waals surface area contributed by atoms with Crippen molar-refractivity contribution in [2.24, 2.45) is 0 Å². The molecular weight excluding hydrogens is 542 g/mol. The van der Waals surface area contributed by atoms with Gasteiger partial charge in [0, 0.05) is 30.9 Å². The predicted octanol–water partition coefficient (Wildman–Crippen LogP) is 5.67. The number of para-hydroxylation sites is 1. The molecule has 5 rings (SSSR count). The van der Waals surface area contributed by atoms with E-state index >= 15 is 0 Å². The van der Waals surface area contributed by atoms with Crippen LogP contribution in [0, 0.1) is 13.8 Å². The number of nitrogens with zero attached hydrogens (tertiary/aromatic N) is 5. The Balaban J connectivity index is 1.41. The molecule has 0 aliphatic rings. The van der Waals surface area contributed by atoms with E-state index in [1.165, 1.54) is 27.8 Å². The maximum atomic E-state index is 13.8. The van der Waals surface area contributed by atoms with Gasteiger partial charge in [-0.1, -0.05) is 60.7 Å². The van der Waals surface area contributed by atoms with Crippen molar-refractivity contribution in [2.45, 2.75) is 38.8 Å². The summed E-state index contributed by atoms with van der Waals surface area (Å²) in [5, 5.41) is 5.12. The molecule has 0 atom stereocenters. The maximum absolute atomic E-state index is 13.8. The monoisotopic (exact) mass is 573 g/mol. The number of hydrogen-bond acceptors (Lipinski definition) is 6. The van der Waals surface area contributed by atoms with Crippen LogP contribution in [0.4, 0.5) is 5.13 Å². The van der Waals surface area contributed by atoms with Gasteiger partial charge in [-0.2, -0.15) is 9.40 Å². The molecule has 0 unspecified atom stereocenters. The molecule has 0 spiro atoms. The lowest BCUT2D eigenvalue weighted by Crippen LogP contribution is -2.34. The van der Waals surface area contributed by atoms with Gasteiger partial charge in [0.25, 0.3) is 5.91 Å². The molecule has 0 aliphatic carbocycles. The first kappa shape index (κ1) is 27.7. The Morgan fingerprint density at radius 1 is 0.950 bits per heavy atom. The molecule has 0 aliphatic heterocycles. The summed E-state index contributed by atoms with van der Waals surface area (Å²) in [6.45, 7) is 7.21. The van der Waals surface area contributed by atoms with E-state index in [0.717, 1.165) is 27.2 Å². The van der Waals surface area contributed by atoms with Gasteiger partial charge in [-0.3, -0.25) is 14.4 Å². The second kappa shape index (κ2) is 11.7. The molecule has 40 heavy (non-hydrogen) atoms. The summed E-state index contributed by atoms with van der Waals surface area (Å²) in [5.74, 6) is -0.249. The third kappa shape index (κ3) is 5.84. The summed E-state index contributed by atoms with van der Waals surface area (Å²) in [5.41, 5.74) is 4.05. The molecule has 10 heteroatoms. The zero-order chi connectivity index (χ0) is 28.3. The van der Waals surface area contributed by atoms with E-state index in [9.17, 15) is 13.2 Å². The predicted molar refractivity (Wildman–Crippen MR) is 159 cm³/mol. The highest BCUT2D eigenvalue weighted by molar-refractivity contribution is 7.89. The van der Waals surface area contributed by atoms with Crippen LogP contribution in [-0.4, -0.2) is 46.5 Å². The van der Waals surface area contributed by atoms with Gasteiger partial charge < -0.3 is 0 Å². The van der Waals surface area contributed by atoms with Gasteiger partial charge in [-0.25, -0.2) is 13.4 Å². The molecule has 8 nitrogen and oxygen atoms in total. The van der Waals surface area contributed by atoms with Gasteiger partial charge in [0.1, 0.15) is 0 Å². The molecule has 2 aromatic heterocycles. The van der Waals surface area contributed by atoms with Crippen molar-refractivity contribution in [3.05, 3.63) is 107 Å². The summed E-state index contributed by atoms with van der Waals surface area (Å²) in [6.07, 6.45) is 0. The second-order valence-electron chi connectivity index (χ2n) is 9.51. The minimum absolute atomic E-state index is 0.149. The molecule has 0 N–H and O–H groups in total. The molecule has 1 amide bonds. The van der Waals surface area contributed by atoms with E-state index in [0.29, 0.717) is 30.3 Å². The minimum atomic E-state index is -3.74. The first-order valence-corrected chi connectivity index (χ1v) is 15.3. The van der Waals surface area contributed by atoms with Crippen molar-refractivity contribution < 1.29 is 13.2 Å². The lowest BCUT2D eigenvalue weighted by Gasteiger charge is -2.22. The fraction of sp³-hybridized carbons (Fsp3) is 0.233. The molecule has 206 valence electrons. The third-order valence-electron chi connectivity index (χ3n) is 6.69. The molecule has 0 saturated carbocycles.